The van der Waals surface area contributed by atoms with Crippen LogP contribution >= 0.6 is 11.8 Å². The molecular weight excluding hydrogens is 304 g/mol. The molecule has 2 heterocycles. The number of nitrogens with zero attached hydrogens (tertiary/aromatic N) is 2. The van der Waals surface area contributed by atoms with Crippen molar-refractivity contribution in [1.82, 2.24) is 9.80 Å². The average molecular weight is 326 g/mol. The SMILES string of the molecule is CC(=O)N1CSC[C@@H]1C(=O)N1[C@@H]2CCCC[C@H]2C[C@H]1C(=O)O. The van der Waals surface area contributed by atoms with Gasteiger partial charge in [0.25, 0.3) is 0 Å². The van der Waals surface area contributed by atoms with E-state index in [1.165, 1.54) is 6.92 Å². The number of carboxylic acids is 1. The molecule has 2 aliphatic heterocycles. The van der Waals surface area contributed by atoms with Crippen molar-refractivity contribution in [2.45, 2.75) is 57.2 Å². The number of carbonyl (C=O) groups excluding carboxylic acids is 2. The first-order valence-corrected chi connectivity index (χ1v) is 9.06. The van der Waals surface area contributed by atoms with Gasteiger partial charge in [-0.15, -0.1) is 11.8 Å². The summed E-state index contributed by atoms with van der Waals surface area (Å²) in [7, 11) is 0. The Labute approximate surface area is 134 Å². The highest BCUT2D eigenvalue weighted by molar-refractivity contribution is 7.99. The van der Waals surface area contributed by atoms with E-state index < -0.39 is 18.1 Å². The van der Waals surface area contributed by atoms with E-state index in [0.29, 0.717) is 24.0 Å². The lowest BCUT2D eigenvalue weighted by Crippen LogP contribution is -2.54. The molecule has 0 aromatic rings. The summed E-state index contributed by atoms with van der Waals surface area (Å²) in [5.41, 5.74) is 0. The minimum Gasteiger partial charge on any atom is -0.480 e. The number of aliphatic carboxylic acids is 1. The van der Waals surface area contributed by atoms with Crippen molar-refractivity contribution in [3.05, 3.63) is 0 Å². The number of thioether (sulfide) groups is 1. The van der Waals surface area contributed by atoms with Crippen LogP contribution in [0.5, 0.6) is 0 Å². The Morgan fingerprint density at radius 1 is 1.14 bits per heavy atom. The van der Waals surface area contributed by atoms with Crippen molar-refractivity contribution >= 4 is 29.5 Å². The maximum atomic E-state index is 13.0. The highest BCUT2D eigenvalue weighted by atomic mass is 32.2. The van der Waals surface area contributed by atoms with Crippen molar-refractivity contribution in [2.75, 3.05) is 11.6 Å². The first-order chi connectivity index (χ1) is 10.5. The van der Waals surface area contributed by atoms with Crippen LogP contribution in [0.3, 0.4) is 0 Å². The summed E-state index contributed by atoms with van der Waals surface area (Å²) in [6.45, 7) is 1.47. The zero-order valence-corrected chi connectivity index (χ0v) is 13.6. The number of likely N-dealkylation sites (tertiary alicyclic amines) is 1. The molecule has 7 heteroatoms. The molecule has 0 spiro atoms. The molecule has 1 aliphatic carbocycles. The molecule has 3 fully saturated rings. The zero-order chi connectivity index (χ0) is 15.9. The summed E-state index contributed by atoms with van der Waals surface area (Å²) in [6.07, 6.45) is 4.63. The molecule has 0 aromatic carbocycles. The van der Waals surface area contributed by atoms with Crippen LogP contribution in [0, 0.1) is 5.92 Å². The highest BCUT2D eigenvalue weighted by Crippen LogP contribution is 2.41. The van der Waals surface area contributed by atoms with Crippen LogP contribution in [0.1, 0.15) is 39.0 Å². The van der Waals surface area contributed by atoms with Gasteiger partial charge in [-0.1, -0.05) is 12.8 Å². The van der Waals surface area contributed by atoms with Crippen molar-refractivity contribution < 1.29 is 19.5 Å². The van der Waals surface area contributed by atoms with E-state index >= 15 is 0 Å². The standard InChI is InChI=1S/C15H22N2O4S/c1-9(18)16-8-22-7-13(16)14(19)17-11-5-3-2-4-10(11)6-12(17)15(20)21/h10-13H,2-8H2,1H3,(H,20,21)/t10-,11+,12-,13+/m0/s1. The molecule has 4 atom stereocenters. The molecule has 3 rings (SSSR count). The van der Waals surface area contributed by atoms with Crippen LogP contribution in [-0.4, -0.2) is 62.4 Å². The third kappa shape index (κ3) is 2.59. The molecular formula is C15H22N2O4S. The normalized spacial score (nSPS) is 34.6. The minimum atomic E-state index is -0.914. The fourth-order valence-electron chi connectivity index (χ4n) is 4.13. The van der Waals surface area contributed by atoms with Gasteiger partial charge < -0.3 is 14.9 Å². The van der Waals surface area contributed by atoms with Gasteiger partial charge in [0.05, 0.1) is 5.88 Å². The van der Waals surface area contributed by atoms with Crippen molar-refractivity contribution in [3.8, 4) is 0 Å². The summed E-state index contributed by atoms with van der Waals surface area (Å²) in [5, 5.41) is 9.52. The van der Waals surface area contributed by atoms with Crippen LogP contribution < -0.4 is 0 Å². The number of carboxylic acid groups (broad SMARTS) is 1. The van der Waals surface area contributed by atoms with E-state index in [1.54, 1.807) is 21.6 Å². The maximum Gasteiger partial charge on any atom is 0.326 e. The molecule has 0 aromatic heterocycles. The van der Waals surface area contributed by atoms with Crippen molar-refractivity contribution in [1.29, 1.82) is 0 Å². The van der Waals surface area contributed by atoms with E-state index in [2.05, 4.69) is 0 Å². The number of hydrogen-bond acceptors (Lipinski definition) is 4. The number of rotatable bonds is 2. The molecule has 1 N–H and O–H groups in total. The maximum absolute atomic E-state index is 13.0. The summed E-state index contributed by atoms with van der Waals surface area (Å²) in [5.74, 6) is 0.197. The molecule has 2 amide bonds. The van der Waals surface area contributed by atoms with Gasteiger partial charge in [-0.05, 0) is 25.2 Å². The fraction of sp³-hybridized carbons (Fsp3) is 0.800. The van der Waals surface area contributed by atoms with Crippen LogP contribution in [0.4, 0.5) is 0 Å². The molecule has 0 radical (unpaired) electrons. The van der Waals surface area contributed by atoms with E-state index in [0.717, 1.165) is 25.7 Å². The van der Waals surface area contributed by atoms with Crippen molar-refractivity contribution in [3.63, 3.8) is 0 Å². The summed E-state index contributed by atoms with van der Waals surface area (Å²) < 4.78 is 0. The molecule has 122 valence electrons. The number of carbonyl (C=O) groups is 3. The molecule has 6 nitrogen and oxygen atoms in total. The molecule has 0 bridgehead atoms. The molecule has 22 heavy (non-hydrogen) atoms. The predicted molar refractivity (Wildman–Crippen MR) is 82.3 cm³/mol. The van der Waals surface area contributed by atoms with Gasteiger partial charge in [-0.3, -0.25) is 9.59 Å². The van der Waals surface area contributed by atoms with E-state index in [-0.39, 0.29) is 17.9 Å². The van der Waals surface area contributed by atoms with Gasteiger partial charge in [0, 0.05) is 18.7 Å². The smallest absolute Gasteiger partial charge is 0.326 e. The summed E-state index contributed by atoms with van der Waals surface area (Å²) in [6, 6.07) is -1.17. The summed E-state index contributed by atoms with van der Waals surface area (Å²) in [4.78, 5) is 39.5. The lowest BCUT2D eigenvalue weighted by molar-refractivity contribution is -0.153. The van der Waals surface area contributed by atoms with Crippen LogP contribution in [0.2, 0.25) is 0 Å². The summed E-state index contributed by atoms with van der Waals surface area (Å²) >= 11 is 1.55. The lowest BCUT2D eigenvalue weighted by Gasteiger charge is -2.36. The van der Waals surface area contributed by atoms with Gasteiger partial charge in [0.2, 0.25) is 11.8 Å². The lowest BCUT2D eigenvalue weighted by atomic mass is 9.84. The Balaban J connectivity index is 1.84. The van der Waals surface area contributed by atoms with Crippen LogP contribution in [-0.2, 0) is 14.4 Å². The van der Waals surface area contributed by atoms with Gasteiger partial charge in [-0.2, -0.15) is 0 Å². The van der Waals surface area contributed by atoms with E-state index in [9.17, 15) is 19.5 Å². The Kier molecular flexibility index (Phi) is 4.34. The molecule has 0 unspecified atom stereocenters. The van der Waals surface area contributed by atoms with E-state index in [1.807, 2.05) is 0 Å². The third-order valence-corrected chi connectivity index (χ3v) is 6.21. The second kappa shape index (κ2) is 6.10. The quantitative estimate of drug-likeness (QED) is 0.824. The topological polar surface area (TPSA) is 77.9 Å². The fourth-order valence-corrected chi connectivity index (χ4v) is 5.34. The van der Waals surface area contributed by atoms with Crippen molar-refractivity contribution in [2.24, 2.45) is 5.92 Å². The van der Waals surface area contributed by atoms with Gasteiger partial charge in [0.15, 0.2) is 0 Å². The first kappa shape index (κ1) is 15.6. The average Bonchev–Trinajstić information content (AvgIpc) is 3.11. The molecule has 3 aliphatic rings. The zero-order valence-electron chi connectivity index (χ0n) is 12.7. The number of amides is 2. The third-order valence-electron chi connectivity index (χ3n) is 5.20. The Morgan fingerprint density at radius 3 is 2.55 bits per heavy atom. The first-order valence-electron chi connectivity index (χ1n) is 7.90. The number of hydrogen-bond donors (Lipinski definition) is 1. The number of fused-ring (bicyclic) bond motifs is 1. The monoisotopic (exact) mass is 326 g/mol. The second-order valence-corrected chi connectivity index (χ2v) is 7.45. The van der Waals surface area contributed by atoms with Crippen LogP contribution in [0.25, 0.3) is 0 Å². The molecule has 1 saturated carbocycles. The highest BCUT2D eigenvalue weighted by Gasteiger charge is 2.50. The minimum absolute atomic E-state index is 0.0433. The second-order valence-electron chi connectivity index (χ2n) is 6.45. The predicted octanol–water partition coefficient (Wildman–Crippen LogP) is 1.15. The van der Waals surface area contributed by atoms with Gasteiger partial charge in [-0.25, -0.2) is 4.79 Å². The Bertz CT molecular complexity index is 498. The van der Waals surface area contributed by atoms with Gasteiger partial charge in [0.1, 0.15) is 12.1 Å². The van der Waals surface area contributed by atoms with Crippen LogP contribution in [0.15, 0.2) is 0 Å². The largest absolute Gasteiger partial charge is 0.480 e. The Hall–Kier alpha value is -1.24. The molecule has 2 saturated heterocycles. The Morgan fingerprint density at radius 2 is 1.86 bits per heavy atom. The van der Waals surface area contributed by atoms with Gasteiger partial charge >= 0.3 is 5.97 Å². The van der Waals surface area contributed by atoms with E-state index in [4.69, 9.17) is 0 Å².